The van der Waals surface area contributed by atoms with E-state index in [4.69, 9.17) is 4.74 Å². The van der Waals surface area contributed by atoms with Gasteiger partial charge in [0.25, 0.3) is 0 Å². The third-order valence-corrected chi connectivity index (χ3v) is 3.10. The van der Waals surface area contributed by atoms with Crippen molar-refractivity contribution in [2.24, 2.45) is 0 Å². The average Bonchev–Trinajstić information content (AvgIpc) is 2.40. The number of ether oxygens (including phenoxy) is 1. The molecule has 2 aliphatic rings. The maximum atomic E-state index is 11.6. The Kier molecular flexibility index (Phi) is 2.90. The topological polar surface area (TPSA) is 26.3 Å². The van der Waals surface area contributed by atoms with Gasteiger partial charge < -0.3 is 4.74 Å². The lowest BCUT2D eigenvalue weighted by molar-refractivity contribution is 0.0601. The molecule has 0 aliphatic heterocycles. The van der Waals surface area contributed by atoms with Crippen LogP contribution in [0, 0.1) is 3.57 Å². The Morgan fingerprint density at radius 2 is 2.00 bits per heavy atom. The van der Waals surface area contributed by atoms with E-state index in [-0.39, 0.29) is 5.97 Å². The summed E-state index contributed by atoms with van der Waals surface area (Å²) in [7, 11) is 1.40. The molecule has 0 aromatic carbocycles. The van der Waals surface area contributed by atoms with Crippen molar-refractivity contribution in [1.29, 1.82) is 0 Å². The second-order valence-corrected chi connectivity index (χ2v) is 4.30. The van der Waals surface area contributed by atoms with Gasteiger partial charge in [0.1, 0.15) is 0 Å². The van der Waals surface area contributed by atoms with Crippen LogP contribution in [-0.4, -0.2) is 13.1 Å². The van der Waals surface area contributed by atoms with E-state index in [1.807, 2.05) is 36.4 Å². The third-order valence-electron chi connectivity index (χ3n) is 2.25. The van der Waals surface area contributed by atoms with Crippen molar-refractivity contribution in [3.8, 4) is 11.1 Å². The summed E-state index contributed by atoms with van der Waals surface area (Å²) in [6, 6.07) is 11.7. The molecule has 3 heteroatoms. The number of fused-ring (bicyclic) bond motifs is 1. The highest BCUT2D eigenvalue weighted by Crippen LogP contribution is 2.32. The molecule has 0 saturated carbocycles. The maximum absolute atomic E-state index is 11.6. The Morgan fingerprint density at radius 3 is 2.73 bits per heavy atom. The molecule has 0 radical (unpaired) electrons. The molecule has 0 saturated heterocycles. The van der Waals surface area contributed by atoms with Crippen molar-refractivity contribution in [3.05, 3.63) is 45.5 Å². The number of carbonyl (C=O) groups is 1. The molecule has 0 aromatic rings. The fourth-order valence-electron chi connectivity index (χ4n) is 1.56. The summed E-state index contributed by atoms with van der Waals surface area (Å²) >= 11 is 2.15. The molecule has 0 spiro atoms. The predicted octanol–water partition coefficient (Wildman–Crippen LogP) is 3.18. The highest BCUT2D eigenvalue weighted by Gasteiger charge is 2.19. The summed E-state index contributed by atoms with van der Waals surface area (Å²) in [5.74, 6) is -0.277. The van der Waals surface area contributed by atoms with E-state index in [9.17, 15) is 4.79 Å². The molecule has 0 unspecified atom stereocenters. The van der Waals surface area contributed by atoms with E-state index in [1.54, 1.807) is 0 Å². The van der Waals surface area contributed by atoms with Crippen molar-refractivity contribution in [2.75, 3.05) is 7.11 Å². The first-order valence-corrected chi connectivity index (χ1v) is 5.57. The second-order valence-electron chi connectivity index (χ2n) is 3.14. The molecule has 0 heterocycles. The van der Waals surface area contributed by atoms with Crippen LogP contribution in [0.1, 0.15) is 10.4 Å². The standard InChI is InChI=1S/C12H9IO2/c1-15-12(14)11-9-6-4-2-3-5-8(9)7-10(11)13/h2-7H,1H3. The van der Waals surface area contributed by atoms with Crippen LogP contribution >= 0.6 is 22.6 Å². The summed E-state index contributed by atoms with van der Waals surface area (Å²) in [6.07, 6.45) is 0. The van der Waals surface area contributed by atoms with Gasteiger partial charge in [-0.3, -0.25) is 0 Å². The van der Waals surface area contributed by atoms with Crippen molar-refractivity contribution < 1.29 is 9.53 Å². The zero-order chi connectivity index (χ0) is 10.8. The van der Waals surface area contributed by atoms with E-state index in [2.05, 4.69) is 22.6 Å². The normalized spacial score (nSPS) is 10.3. The van der Waals surface area contributed by atoms with Crippen LogP contribution in [0.25, 0.3) is 11.1 Å². The zero-order valence-corrected chi connectivity index (χ0v) is 10.3. The summed E-state index contributed by atoms with van der Waals surface area (Å²) in [5.41, 5.74) is 2.66. The third kappa shape index (κ3) is 1.84. The lowest BCUT2D eigenvalue weighted by atomic mass is 10.1. The highest BCUT2D eigenvalue weighted by molar-refractivity contribution is 14.1. The number of rotatable bonds is 1. The Morgan fingerprint density at radius 1 is 1.27 bits per heavy atom. The Bertz CT molecular complexity index is 479. The molecule has 0 N–H and O–H groups in total. The number of hydrogen-bond acceptors (Lipinski definition) is 2. The molecular formula is C12H9IO2. The Balaban J connectivity index is 2.68. The van der Waals surface area contributed by atoms with E-state index in [0.717, 1.165) is 14.7 Å². The van der Waals surface area contributed by atoms with Gasteiger partial charge in [0.2, 0.25) is 0 Å². The van der Waals surface area contributed by atoms with Crippen LogP contribution in [-0.2, 0) is 4.74 Å². The number of esters is 1. The van der Waals surface area contributed by atoms with Gasteiger partial charge in [-0.15, -0.1) is 0 Å². The van der Waals surface area contributed by atoms with E-state index in [0.29, 0.717) is 5.56 Å². The van der Waals surface area contributed by atoms with Crippen LogP contribution in [0.5, 0.6) is 0 Å². The smallest absolute Gasteiger partial charge is 0.339 e. The zero-order valence-electron chi connectivity index (χ0n) is 8.16. The molecule has 15 heavy (non-hydrogen) atoms. The second kappa shape index (κ2) is 4.18. The summed E-state index contributed by atoms with van der Waals surface area (Å²) in [4.78, 5) is 11.6. The minimum absolute atomic E-state index is 0.277. The number of carbonyl (C=O) groups excluding carboxylic acids is 1. The van der Waals surface area contributed by atoms with E-state index < -0.39 is 0 Å². The fraction of sp³-hybridized carbons (Fsp3) is 0.0833. The van der Waals surface area contributed by atoms with Gasteiger partial charge in [-0.05, 0) is 39.8 Å². The predicted molar refractivity (Wildman–Crippen MR) is 67.1 cm³/mol. The molecule has 0 aromatic heterocycles. The molecule has 2 aliphatic carbocycles. The first-order chi connectivity index (χ1) is 7.24. The first kappa shape index (κ1) is 10.4. The molecule has 0 bridgehead atoms. The van der Waals surface area contributed by atoms with Gasteiger partial charge in [-0.2, -0.15) is 0 Å². The van der Waals surface area contributed by atoms with E-state index in [1.165, 1.54) is 7.11 Å². The average molecular weight is 312 g/mol. The van der Waals surface area contributed by atoms with Gasteiger partial charge in [-0.25, -0.2) is 4.79 Å². The lowest BCUT2D eigenvalue weighted by Gasteiger charge is -1.99. The van der Waals surface area contributed by atoms with Crippen LogP contribution in [0.4, 0.5) is 0 Å². The summed E-state index contributed by atoms with van der Waals surface area (Å²) in [6.45, 7) is 0. The first-order valence-electron chi connectivity index (χ1n) is 4.49. The molecule has 2 rings (SSSR count). The monoisotopic (exact) mass is 312 g/mol. The number of halogens is 1. The molecule has 0 atom stereocenters. The van der Waals surface area contributed by atoms with Crippen molar-refractivity contribution in [1.82, 2.24) is 0 Å². The highest BCUT2D eigenvalue weighted by atomic mass is 127. The van der Waals surface area contributed by atoms with Gasteiger partial charge in [0.15, 0.2) is 0 Å². The minimum Gasteiger partial charge on any atom is -0.465 e. The summed E-state index contributed by atoms with van der Waals surface area (Å²) in [5, 5.41) is 0. The van der Waals surface area contributed by atoms with Crippen molar-refractivity contribution >= 4 is 28.6 Å². The minimum atomic E-state index is -0.277. The Hall–Kier alpha value is -1.10. The van der Waals surface area contributed by atoms with Crippen LogP contribution < -0.4 is 0 Å². The van der Waals surface area contributed by atoms with Crippen molar-refractivity contribution in [3.63, 3.8) is 0 Å². The van der Waals surface area contributed by atoms with Gasteiger partial charge in [0.05, 0.1) is 12.7 Å². The fourth-order valence-corrected chi connectivity index (χ4v) is 2.41. The summed E-state index contributed by atoms with van der Waals surface area (Å²) < 4.78 is 5.70. The van der Waals surface area contributed by atoms with Gasteiger partial charge >= 0.3 is 5.97 Å². The molecular weight excluding hydrogens is 303 g/mol. The largest absolute Gasteiger partial charge is 0.465 e. The molecule has 2 nitrogen and oxygen atoms in total. The Labute approximate surface area is 102 Å². The van der Waals surface area contributed by atoms with Crippen molar-refractivity contribution in [2.45, 2.75) is 0 Å². The van der Waals surface area contributed by atoms with E-state index >= 15 is 0 Å². The number of hydrogen-bond donors (Lipinski definition) is 0. The van der Waals surface area contributed by atoms with Crippen LogP contribution in [0.3, 0.4) is 0 Å². The van der Waals surface area contributed by atoms with Crippen LogP contribution in [0.15, 0.2) is 36.4 Å². The lowest BCUT2D eigenvalue weighted by Crippen LogP contribution is -2.02. The SMILES string of the molecule is COC(=O)c1c(I)cc2cccccc1-2. The molecule has 0 amide bonds. The molecule has 76 valence electrons. The van der Waals surface area contributed by atoms with Gasteiger partial charge in [0, 0.05) is 3.57 Å². The number of methoxy groups -OCH3 is 1. The molecule has 0 fully saturated rings. The van der Waals surface area contributed by atoms with Crippen LogP contribution in [0.2, 0.25) is 0 Å². The van der Waals surface area contributed by atoms with Gasteiger partial charge in [-0.1, -0.05) is 30.3 Å². The maximum Gasteiger partial charge on any atom is 0.339 e. The quantitative estimate of drug-likeness (QED) is 0.597.